The molecule has 1 heterocycles. The van der Waals surface area contributed by atoms with Crippen molar-refractivity contribution in [3.8, 4) is 0 Å². The smallest absolute Gasteiger partial charge is 0.335 e. The Morgan fingerprint density at radius 1 is 1.17 bits per heavy atom. The van der Waals surface area contributed by atoms with Gasteiger partial charge in [0.25, 0.3) is 5.91 Å². The first-order valence-corrected chi connectivity index (χ1v) is 9.65. The van der Waals surface area contributed by atoms with Gasteiger partial charge in [-0.2, -0.15) is 0 Å². The second-order valence-corrected chi connectivity index (χ2v) is 7.83. The quantitative estimate of drug-likeness (QED) is 0.555. The Morgan fingerprint density at radius 3 is 2.38 bits per heavy atom. The summed E-state index contributed by atoms with van der Waals surface area (Å²) in [6, 6.07) is 10.5. The molecule has 0 radical (unpaired) electrons. The predicted molar refractivity (Wildman–Crippen MR) is 113 cm³/mol. The van der Waals surface area contributed by atoms with Crippen molar-refractivity contribution in [1.82, 2.24) is 4.90 Å². The Labute approximate surface area is 175 Å². The Kier molecular flexibility index (Phi) is 6.09. The Morgan fingerprint density at radius 2 is 1.79 bits per heavy atom. The van der Waals surface area contributed by atoms with Crippen LogP contribution in [0.1, 0.15) is 22.8 Å². The molecule has 2 N–H and O–H groups in total. The van der Waals surface area contributed by atoms with Gasteiger partial charge in [0.1, 0.15) is 16.2 Å². The standard InChI is InChI=1S/C20H15FN2O4S2/c1-11(17(24)22-15-8-4-13(5-9-15)19(26)27)23-18(25)16(29-20(23)28)10-12-2-6-14(21)7-3-12/h2-11H,1H3,(H,22,24)(H,26,27)/b16-10-. The molecule has 6 nitrogen and oxygen atoms in total. The first-order valence-electron chi connectivity index (χ1n) is 8.43. The summed E-state index contributed by atoms with van der Waals surface area (Å²) in [6.07, 6.45) is 1.59. The van der Waals surface area contributed by atoms with Crippen LogP contribution in [0.25, 0.3) is 6.08 Å². The van der Waals surface area contributed by atoms with Gasteiger partial charge in [0.2, 0.25) is 5.91 Å². The van der Waals surface area contributed by atoms with E-state index in [2.05, 4.69) is 5.32 Å². The van der Waals surface area contributed by atoms with E-state index < -0.39 is 23.8 Å². The minimum absolute atomic E-state index is 0.0962. The lowest BCUT2D eigenvalue weighted by Crippen LogP contribution is -2.44. The first kappa shape index (κ1) is 20.7. The molecule has 1 unspecified atom stereocenters. The highest BCUT2D eigenvalue weighted by atomic mass is 32.2. The van der Waals surface area contributed by atoms with Gasteiger partial charge in [-0.3, -0.25) is 14.5 Å². The molecule has 2 amide bonds. The van der Waals surface area contributed by atoms with Crippen LogP contribution in [0.5, 0.6) is 0 Å². The molecule has 0 spiro atoms. The number of carbonyl (C=O) groups is 3. The van der Waals surface area contributed by atoms with Gasteiger partial charge in [-0.05, 0) is 55.0 Å². The van der Waals surface area contributed by atoms with E-state index in [1.54, 1.807) is 25.1 Å². The van der Waals surface area contributed by atoms with Crippen molar-refractivity contribution in [3.05, 3.63) is 70.4 Å². The summed E-state index contributed by atoms with van der Waals surface area (Å²) in [4.78, 5) is 37.7. The topological polar surface area (TPSA) is 86.7 Å². The number of benzene rings is 2. The molecule has 2 aromatic carbocycles. The minimum Gasteiger partial charge on any atom is -0.478 e. The van der Waals surface area contributed by atoms with Crippen LogP contribution in [0, 0.1) is 5.82 Å². The number of carbonyl (C=O) groups excluding carboxylic acids is 2. The SMILES string of the molecule is CC(C(=O)Nc1ccc(C(=O)O)cc1)N1C(=O)/C(=C/c2ccc(F)cc2)SC1=S. The summed E-state index contributed by atoms with van der Waals surface area (Å²) in [5, 5.41) is 11.6. The summed E-state index contributed by atoms with van der Waals surface area (Å²) in [6.45, 7) is 1.55. The third-order valence-electron chi connectivity index (χ3n) is 4.16. The van der Waals surface area contributed by atoms with Crippen molar-refractivity contribution >= 4 is 57.8 Å². The number of anilines is 1. The zero-order valence-corrected chi connectivity index (χ0v) is 16.7. The minimum atomic E-state index is -1.07. The van der Waals surface area contributed by atoms with E-state index in [1.807, 2.05) is 0 Å². The molecule has 148 valence electrons. The maximum Gasteiger partial charge on any atom is 0.335 e. The van der Waals surface area contributed by atoms with Crippen LogP contribution in [0.15, 0.2) is 53.4 Å². The number of thioether (sulfide) groups is 1. The van der Waals surface area contributed by atoms with E-state index >= 15 is 0 Å². The van der Waals surface area contributed by atoms with E-state index in [9.17, 15) is 18.8 Å². The number of hydrogen-bond donors (Lipinski definition) is 2. The van der Waals surface area contributed by atoms with Crippen LogP contribution in [-0.4, -0.2) is 38.2 Å². The molecule has 0 aromatic heterocycles. The van der Waals surface area contributed by atoms with Gasteiger partial charge in [-0.25, -0.2) is 9.18 Å². The van der Waals surface area contributed by atoms with Gasteiger partial charge < -0.3 is 10.4 Å². The van der Waals surface area contributed by atoms with Crippen molar-refractivity contribution in [2.45, 2.75) is 13.0 Å². The molecule has 3 rings (SSSR count). The van der Waals surface area contributed by atoms with Crippen molar-refractivity contribution in [3.63, 3.8) is 0 Å². The molecule has 2 aromatic rings. The zero-order valence-electron chi connectivity index (χ0n) is 15.1. The van der Waals surface area contributed by atoms with Gasteiger partial charge in [0, 0.05) is 5.69 Å². The van der Waals surface area contributed by atoms with E-state index in [1.165, 1.54) is 41.3 Å². The van der Waals surface area contributed by atoms with E-state index in [-0.39, 0.29) is 15.7 Å². The normalized spacial score (nSPS) is 16.2. The van der Waals surface area contributed by atoms with Gasteiger partial charge in [-0.1, -0.05) is 36.1 Å². The van der Waals surface area contributed by atoms with Crippen LogP contribution >= 0.6 is 24.0 Å². The van der Waals surface area contributed by atoms with Gasteiger partial charge >= 0.3 is 5.97 Å². The number of carboxylic acid groups (broad SMARTS) is 1. The second-order valence-electron chi connectivity index (χ2n) is 6.15. The molecule has 1 atom stereocenters. The van der Waals surface area contributed by atoms with Crippen LogP contribution in [0.3, 0.4) is 0 Å². The average molecular weight is 430 g/mol. The van der Waals surface area contributed by atoms with Crippen molar-refractivity contribution in [1.29, 1.82) is 0 Å². The Bertz CT molecular complexity index is 1020. The average Bonchev–Trinajstić information content (AvgIpc) is 2.96. The lowest BCUT2D eigenvalue weighted by atomic mass is 10.2. The molecule has 1 aliphatic heterocycles. The second kappa shape index (κ2) is 8.54. The molecular formula is C20H15FN2O4S2. The van der Waals surface area contributed by atoms with E-state index in [0.29, 0.717) is 16.2 Å². The fourth-order valence-corrected chi connectivity index (χ4v) is 4.00. The van der Waals surface area contributed by atoms with Crippen LogP contribution < -0.4 is 5.32 Å². The van der Waals surface area contributed by atoms with Gasteiger partial charge in [-0.15, -0.1) is 0 Å². The summed E-state index contributed by atoms with van der Waals surface area (Å²) >= 11 is 6.33. The predicted octanol–water partition coefficient (Wildman–Crippen LogP) is 3.75. The van der Waals surface area contributed by atoms with E-state index in [4.69, 9.17) is 17.3 Å². The number of hydrogen-bond acceptors (Lipinski definition) is 5. The van der Waals surface area contributed by atoms with Crippen molar-refractivity contribution in [2.24, 2.45) is 0 Å². The van der Waals surface area contributed by atoms with Crippen LogP contribution in [0.4, 0.5) is 10.1 Å². The highest BCUT2D eigenvalue weighted by Gasteiger charge is 2.38. The molecule has 0 bridgehead atoms. The lowest BCUT2D eigenvalue weighted by molar-refractivity contribution is -0.129. The summed E-state index contributed by atoms with van der Waals surface area (Å²) < 4.78 is 13.3. The van der Waals surface area contributed by atoms with Crippen molar-refractivity contribution < 1.29 is 23.9 Å². The largest absolute Gasteiger partial charge is 0.478 e. The third kappa shape index (κ3) is 4.69. The Hall–Kier alpha value is -3.04. The number of thiocarbonyl (C=S) groups is 1. The molecule has 0 aliphatic carbocycles. The molecule has 29 heavy (non-hydrogen) atoms. The summed E-state index contributed by atoms with van der Waals surface area (Å²) in [5.74, 6) is -2.32. The van der Waals surface area contributed by atoms with Crippen LogP contribution in [-0.2, 0) is 9.59 Å². The van der Waals surface area contributed by atoms with Gasteiger partial charge in [0.15, 0.2) is 0 Å². The molecular weight excluding hydrogens is 415 g/mol. The molecule has 1 aliphatic rings. The van der Waals surface area contributed by atoms with Crippen LogP contribution in [0.2, 0.25) is 0 Å². The fraction of sp³-hybridized carbons (Fsp3) is 0.100. The maximum atomic E-state index is 13.0. The van der Waals surface area contributed by atoms with Crippen molar-refractivity contribution in [2.75, 3.05) is 5.32 Å². The van der Waals surface area contributed by atoms with E-state index in [0.717, 1.165) is 11.8 Å². The number of halogens is 1. The molecule has 0 saturated carbocycles. The number of rotatable bonds is 5. The number of amides is 2. The monoisotopic (exact) mass is 430 g/mol. The zero-order chi connectivity index (χ0) is 21.1. The molecule has 1 fully saturated rings. The number of aromatic carboxylic acids is 1. The first-order chi connectivity index (χ1) is 13.8. The highest BCUT2D eigenvalue weighted by Crippen LogP contribution is 2.34. The maximum absolute atomic E-state index is 13.0. The lowest BCUT2D eigenvalue weighted by Gasteiger charge is -2.22. The highest BCUT2D eigenvalue weighted by molar-refractivity contribution is 8.26. The number of nitrogens with zero attached hydrogens (tertiary/aromatic N) is 1. The summed E-state index contributed by atoms with van der Waals surface area (Å²) in [5.41, 5.74) is 1.14. The third-order valence-corrected chi connectivity index (χ3v) is 5.49. The number of nitrogens with one attached hydrogen (secondary N) is 1. The molecule has 1 saturated heterocycles. The number of carboxylic acids is 1. The molecule has 9 heteroatoms. The Balaban J connectivity index is 1.72. The fourth-order valence-electron chi connectivity index (χ4n) is 2.58. The van der Waals surface area contributed by atoms with Gasteiger partial charge in [0.05, 0.1) is 10.5 Å². The summed E-state index contributed by atoms with van der Waals surface area (Å²) in [7, 11) is 0.